The Morgan fingerprint density at radius 2 is 1.80 bits per heavy atom. The second-order valence-electron chi connectivity index (χ2n) is 9.54. The number of pyridine rings is 1. The Kier molecular flexibility index (Phi) is 7.55. The molecule has 3 heterocycles. The third-order valence-corrected chi connectivity index (χ3v) is 6.83. The van der Waals surface area contributed by atoms with E-state index >= 15 is 0 Å². The Morgan fingerprint density at radius 3 is 2.41 bits per heavy atom. The molecule has 1 fully saturated rings. The number of alkyl halides is 5. The van der Waals surface area contributed by atoms with Crippen LogP contribution < -0.4 is 31.6 Å². The van der Waals surface area contributed by atoms with E-state index in [0.29, 0.717) is 13.0 Å². The number of aromatic nitrogens is 1. The highest BCUT2D eigenvalue weighted by atomic mass is 19.4. The standard InChI is InChI=1S/C24H24F6N6O5/c1-9-16(11-3-4-12(25)18-17(11)40-24(29,30)41-18)19(39-22(9,2)23(26,27)28)21(38)34-10-7-13(20(32)33)35-14(8-10)36-15(37)5-6-31/h3-4,7-9,16,19H,5-6,31H2,1-2H3,(H3,32,33)(H2,34,35,36,37,38)/t9-,16-,19+,22+/m0/s1. The van der Waals surface area contributed by atoms with Gasteiger partial charge in [-0.2, -0.15) is 13.2 Å². The van der Waals surface area contributed by atoms with Crippen LogP contribution in [0.15, 0.2) is 24.3 Å². The summed E-state index contributed by atoms with van der Waals surface area (Å²) < 4.78 is 98.5. The summed E-state index contributed by atoms with van der Waals surface area (Å²) in [6, 6.07) is 3.86. The molecule has 17 heteroatoms. The third kappa shape index (κ3) is 5.58. The number of amidine groups is 1. The van der Waals surface area contributed by atoms with E-state index in [0.717, 1.165) is 25.1 Å². The Hall–Kier alpha value is -4.12. The number of anilines is 2. The molecule has 1 aromatic carbocycles. The minimum Gasteiger partial charge on any atom is -0.395 e. The molecule has 1 aromatic heterocycles. The van der Waals surface area contributed by atoms with E-state index in [2.05, 4.69) is 25.1 Å². The fourth-order valence-corrected chi connectivity index (χ4v) is 4.65. The molecule has 2 aliphatic rings. The molecule has 2 aliphatic heterocycles. The molecule has 0 saturated carbocycles. The van der Waals surface area contributed by atoms with E-state index < -0.39 is 71.0 Å². The van der Waals surface area contributed by atoms with Crippen molar-refractivity contribution in [3.63, 3.8) is 0 Å². The van der Waals surface area contributed by atoms with Gasteiger partial charge in [-0.1, -0.05) is 13.0 Å². The maximum absolute atomic E-state index is 14.3. The Labute approximate surface area is 228 Å². The largest absolute Gasteiger partial charge is 0.586 e. The SMILES string of the molecule is C[C@H]1[C@@H](c2ccc(F)c3c2OC(F)(F)O3)[C@H](C(=O)Nc2cc(NC(=O)CCN)nc(C(=N)N)c2)O[C@@]1(C)C(F)(F)F. The van der Waals surface area contributed by atoms with Crippen molar-refractivity contribution in [1.82, 2.24) is 4.98 Å². The second kappa shape index (κ2) is 10.4. The molecule has 4 rings (SSSR count). The van der Waals surface area contributed by atoms with Crippen molar-refractivity contribution in [3.8, 4) is 11.5 Å². The smallest absolute Gasteiger partial charge is 0.395 e. The van der Waals surface area contributed by atoms with Crippen molar-refractivity contribution in [2.75, 3.05) is 17.2 Å². The number of fused-ring (bicyclic) bond motifs is 1. The number of benzene rings is 1. The van der Waals surface area contributed by atoms with Gasteiger partial charge in [0.25, 0.3) is 5.91 Å². The number of hydrogen-bond acceptors (Lipinski definition) is 8. The van der Waals surface area contributed by atoms with Crippen molar-refractivity contribution >= 4 is 29.2 Å². The molecule has 41 heavy (non-hydrogen) atoms. The van der Waals surface area contributed by atoms with Crippen LogP contribution in [0.4, 0.5) is 37.8 Å². The monoisotopic (exact) mass is 590 g/mol. The van der Waals surface area contributed by atoms with Gasteiger partial charge in [-0.05, 0) is 19.1 Å². The van der Waals surface area contributed by atoms with E-state index in [1.165, 1.54) is 0 Å². The maximum Gasteiger partial charge on any atom is 0.586 e. The number of amides is 2. The predicted octanol–water partition coefficient (Wildman–Crippen LogP) is 3.19. The van der Waals surface area contributed by atoms with Crippen LogP contribution in [0, 0.1) is 17.1 Å². The summed E-state index contributed by atoms with van der Waals surface area (Å²) in [6.45, 7) is 1.80. The summed E-state index contributed by atoms with van der Waals surface area (Å²) in [5, 5.41) is 12.4. The lowest BCUT2D eigenvalue weighted by molar-refractivity contribution is -0.287. The topological polar surface area (TPSA) is 175 Å². The Balaban J connectivity index is 1.75. The molecule has 0 aliphatic carbocycles. The zero-order valence-electron chi connectivity index (χ0n) is 21.4. The van der Waals surface area contributed by atoms with Crippen LogP contribution in [0.25, 0.3) is 0 Å². The first-order chi connectivity index (χ1) is 19.0. The lowest BCUT2D eigenvalue weighted by Gasteiger charge is -2.31. The summed E-state index contributed by atoms with van der Waals surface area (Å²) >= 11 is 0. The number of nitrogens with two attached hydrogens (primary N) is 2. The number of carbonyl (C=O) groups is 2. The van der Waals surface area contributed by atoms with E-state index in [9.17, 15) is 35.9 Å². The van der Waals surface area contributed by atoms with Gasteiger partial charge in [0.1, 0.15) is 23.5 Å². The highest BCUT2D eigenvalue weighted by molar-refractivity contribution is 6.00. The van der Waals surface area contributed by atoms with Crippen LogP contribution in [-0.4, -0.2) is 53.4 Å². The zero-order valence-corrected chi connectivity index (χ0v) is 21.4. The molecule has 0 unspecified atom stereocenters. The molecule has 0 spiro atoms. The van der Waals surface area contributed by atoms with Crippen molar-refractivity contribution in [1.29, 1.82) is 5.41 Å². The van der Waals surface area contributed by atoms with Crippen molar-refractivity contribution in [3.05, 3.63) is 41.3 Å². The highest BCUT2D eigenvalue weighted by Gasteiger charge is 2.66. The van der Waals surface area contributed by atoms with Gasteiger partial charge in [-0.15, -0.1) is 8.78 Å². The first kappa shape index (κ1) is 29.9. The molecular weight excluding hydrogens is 566 g/mol. The second-order valence-corrected chi connectivity index (χ2v) is 9.54. The first-order valence-corrected chi connectivity index (χ1v) is 12.0. The van der Waals surface area contributed by atoms with Crippen molar-refractivity contribution < 1.29 is 50.1 Å². The average molecular weight is 590 g/mol. The summed E-state index contributed by atoms with van der Waals surface area (Å²) in [7, 11) is 0. The molecule has 4 atom stereocenters. The van der Waals surface area contributed by atoms with Gasteiger partial charge in [-0.25, -0.2) is 9.37 Å². The first-order valence-electron chi connectivity index (χ1n) is 12.0. The molecule has 222 valence electrons. The van der Waals surface area contributed by atoms with Gasteiger partial charge in [0.05, 0.1) is 0 Å². The molecule has 2 amide bonds. The highest BCUT2D eigenvalue weighted by Crippen LogP contribution is 2.57. The fraction of sp³-hybridized carbons (Fsp3) is 0.417. The number of halogens is 6. The third-order valence-electron chi connectivity index (χ3n) is 6.83. The average Bonchev–Trinajstić information content (AvgIpc) is 3.33. The minimum absolute atomic E-state index is 0.00612. The molecule has 1 saturated heterocycles. The minimum atomic E-state index is -5.02. The molecule has 0 bridgehead atoms. The van der Waals surface area contributed by atoms with Gasteiger partial charge in [0, 0.05) is 42.1 Å². The van der Waals surface area contributed by atoms with Crippen LogP contribution in [0.3, 0.4) is 0 Å². The quantitative estimate of drug-likeness (QED) is 0.186. The van der Waals surface area contributed by atoms with Crippen LogP contribution >= 0.6 is 0 Å². The van der Waals surface area contributed by atoms with Crippen LogP contribution in [0.2, 0.25) is 0 Å². The predicted molar refractivity (Wildman–Crippen MR) is 130 cm³/mol. The van der Waals surface area contributed by atoms with Gasteiger partial charge >= 0.3 is 12.5 Å². The van der Waals surface area contributed by atoms with E-state index in [4.69, 9.17) is 21.6 Å². The normalized spacial score (nSPS) is 24.7. The lowest BCUT2D eigenvalue weighted by atomic mass is 9.77. The van der Waals surface area contributed by atoms with Crippen LogP contribution in [0.1, 0.15) is 37.4 Å². The van der Waals surface area contributed by atoms with Gasteiger partial charge < -0.3 is 36.3 Å². The van der Waals surface area contributed by atoms with Crippen LogP contribution in [-0.2, 0) is 14.3 Å². The Bertz CT molecular complexity index is 1410. The number of hydrogen-bond donors (Lipinski definition) is 5. The fourth-order valence-electron chi connectivity index (χ4n) is 4.65. The number of carbonyl (C=O) groups excluding carboxylic acids is 2. The summed E-state index contributed by atoms with van der Waals surface area (Å²) in [5.74, 6) is -8.78. The molecule has 11 nitrogen and oxygen atoms in total. The van der Waals surface area contributed by atoms with Crippen LogP contribution in [0.5, 0.6) is 11.5 Å². The Morgan fingerprint density at radius 1 is 1.15 bits per heavy atom. The molecular formula is C24H24F6N6O5. The summed E-state index contributed by atoms with van der Waals surface area (Å²) in [4.78, 5) is 29.4. The number of nitrogens with zero attached hydrogens (tertiary/aromatic N) is 1. The summed E-state index contributed by atoms with van der Waals surface area (Å²) in [6.07, 6.45) is -11.4. The van der Waals surface area contributed by atoms with Crippen molar-refractivity contribution in [2.24, 2.45) is 17.4 Å². The maximum atomic E-state index is 14.3. The van der Waals surface area contributed by atoms with Gasteiger partial charge in [0.15, 0.2) is 17.2 Å². The number of ether oxygens (including phenoxy) is 3. The van der Waals surface area contributed by atoms with Gasteiger partial charge in [-0.3, -0.25) is 15.0 Å². The van der Waals surface area contributed by atoms with E-state index in [-0.39, 0.29) is 35.7 Å². The number of nitrogen functional groups attached to an aromatic ring is 1. The summed E-state index contributed by atoms with van der Waals surface area (Å²) in [5.41, 5.74) is 7.15. The van der Waals surface area contributed by atoms with Crippen molar-refractivity contribution in [2.45, 2.75) is 50.4 Å². The molecule has 2 aromatic rings. The van der Waals surface area contributed by atoms with Gasteiger partial charge in [0.2, 0.25) is 11.7 Å². The molecule has 7 N–H and O–H groups in total. The lowest BCUT2D eigenvalue weighted by Crippen LogP contribution is -2.47. The zero-order chi connectivity index (χ0) is 30.5. The number of rotatable bonds is 7. The van der Waals surface area contributed by atoms with E-state index in [1.807, 2.05) is 0 Å². The number of nitrogens with one attached hydrogen (secondary N) is 3. The molecule has 0 radical (unpaired) electrons. The van der Waals surface area contributed by atoms with E-state index in [1.54, 1.807) is 0 Å².